The van der Waals surface area contributed by atoms with Crippen LogP contribution in [0.1, 0.15) is 19.8 Å². The Kier molecular flexibility index (Phi) is 2.36. The second-order valence-electron chi connectivity index (χ2n) is 4.53. The van der Waals surface area contributed by atoms with Gasteiger partial charge in [0.25, 0.3) is 0 Å². The van der Waals surface area contributed by atoms with Crippen LogP contribution in [-0.2, 0) is 9.84 Å². The summed E-state index contributed by atoms with van der Waals surface area (Å²) in [4.78, 5) is 0. The van der Waals surface area contributed by atoms with E-state index in [0.717, 1.165) is 6.54 Å². The highest BCUT2D eigenvalue weighted by atomic mass is 32.2. The van der Waals surface area contributed by atoms with Gasteiger partial charge in [-0.2, -0.15) is 0 Å². The summed E-state index contributed by atoms with van der Waals surface area (Å²) in [7, 11) is -2.79. The molecule has 13 heavy (non-hydrogen) atoms. The standard InChI is InChI=1S/C9H17NO2S/c1-7-4-10-9(8-2-3-8)6-13(11,12)5-7/h7-10H,2-6H2,1H3. The molecule has 2 rings (SSSR count). The summed E-state index contributed by atoms with van der Waals surface area (Å²) >= 11 is 0. The molecule has 0 aromatic heterocycles. The summed E-state index contributed by atoms with van der Waals surface area (Å²) in [5.74, 6) is 1.64. The van der Waals surface area contributed by atoms with Crippen LogP contribution < -0.4 is 5.32 Å². The smallest absolute Gasteiger partial charge is 0.152 e. The first-order chi connectivity index (χ1) is 6.07. The number of nitrogens with one attached hydrogen (secondary N) is 1. The molecular formula is C9H17NO2S. The van der Waals surface area contributed by atoms with E-state index in [9.17, 15) is 8.42 Å². The average Bonchev–Trinajstić information content (AvgIpc) is 2.76. The quantitative estimate of drug-likeness (QED) is 0.672. The first-order valence-corrected chi connectivity index (χ1v) is 6.83. The monoisotopic (exact) mass is 203 g/mol. The third kappa shape index (κ3) is 2.44. The van der Waals surface area contributed by atoms with Gasteiger partial charge in [-0.3, -0.25) is 0 Å². The van der Waals surface area contributed by atoms with Gasteiger partial charge in [0.05, 0.1) is 11.5 Å². The van der Waals surface area contributed by atoms with Gasteiger partial charge in [0.1, 0.15) is 0 Å². The molecular weight excluding hydrogens is 186 g/mol. The Morgan fingerprint density at radius 2 is 1.92 bits per heavy atom. The Labute approximate surface area is 79.8 Å². The van der Waals surface area contributed by atoms with Gasteiger partial charge < -0.3 is 5.32 Å². The normalized spacial score (nSPS) is 39.8. The zero-order chi connectivity index (χ0) is 9.47. The zero-order valence-electron chi connectivity index (χ0n) is 7.99. The Bertz CT molecular complexity index is 282. The van der Waals surface area contributed by atoms with Gasteiger partial charge in [-0.1, -0.05) is 6.92 Å². The molecule has 76 valence electrons. The Morgan fingerprint density at radius 1 is 1.23 bits per heavy atom. The van der Waals surface area contributed by atoms with Crippen LogP contribution in [0, 0.1) is 11.8 Å². The average molecular weight is 203 g/mol. The third-order valence-corrected chi connectivity index (χ3v) is 4.84. The second kappa shape index (κ2) is 3.24. The van der Waals surface area contributed by atoms with Crippen molar-refractivity contribution in [2.75, 3.05) is 18.1 Å². The van der Waals surface area contributed by atoms with Crippen molar-refractivity contribution in [3.63, 3.8) is 0 Å². The summed E-state index contributed by atoms with van der Waals surface area (Å²) in [6, 6.07) is 0.245. The number of rotatable bonds is 1. The second-order valence-corrected chi connectivity index (χ2v) is 6.69. The maximum absolute atomic E-state index is 11.6. The van der Waals surface area contributed by atoms with Gasteiger partial charge in [0.15, 0.2) is 9.84 Å². The highest BCUT2D eigenvalue weighted by Crippen LogP contribution is 2.34. The van der Waals surface area contributed by atoms with Crippen molar-refractivity contribution in [2.24, 2.45) is 11.8 Å². The van der Waals surface area contributed by atoms with E-state index < -0.39 is 9.84 Å². The van der Waals surface area contributed by atoms with Crippen LogP contribution in [0.2, 0.25) is 0 Å². The molecule has 1 heterocycles. The Balaban J connectivity index is 2.08. The van der Waals surface area contributed by atoms with Crippen LogP contribution in [-0.4, -0.2) is 32.5 Å². The van der Waals surface area contributed by atoms with Crippen LogP contribution in [0.25, 0.3) is 0 Å². The number of sulfone groups is 1. The molecule has 0 bridgehead atoms. The van der Waals surface area contributed by atoms with Crippen molar-refractivity contribution in [2.45, 2.75) is 25.8 Å². The van der Waals surface area contributed by atoms with Crippen molar-refractivity contribution in [3.8, 4) is 0 Å². The summed E-state index contributed by atoms with van der Waals surface area (Å²) in [6.45, 7) is 2.86. The molecule has 0 spiro atoms. The molecule has 1 saturated heterocycles. The van der Waals surface area contributed by atoms with E-state index in [1.54, 1.807) is 0 Å². The van der Waals surface area contributed by atoms with Crippen molar-refractivity contribution >= 4 is 9.84 Å². The summed E-state index contributed by atoms with van der Waals surface area (Å²) < 4.78 is 23.2. The van der Waals surface area contributed by atoms with E-state index in [0.29, 0.717) is 17.4 Å². The lowest BCUT2D eigenvalue weighted by molar-refractivity contribution is 0.469. The molecule has 0 amide bonds. The molecule has 0 aromatic carbocycles. The summed E-state index contributed by atoms with van der Waals surface area (Å²) in [6.07, 6.45) is 2.42. The first-order valence-electron chi connectivity index (χ1n) is 5.00. The predicted octanol–water partition coefficient (Wildman–Crippen LogP) is 0.419. The van der Waals surface area contributed by atoms with Gasteiger partial charge in [0, 0.05) is 6.04 Å². The first kappa shape index (κ1) is 9.46. The number of hydrogen-bond acceptors (Lipinski definition) is 3. The number of hydrogen-bond donors (Lipinski definition) is 1. The van der Waals surface area contributed by atoms with E-state index in [-0.39, 0.29) is 12.0 Å². The molecule has 0 radical (unpaired) electrons. The van der Waals surface area contributed by atoms with Crippen LogP contribution in [0.15, 0.2) is 0 Å². The van der Waals surface area contributed by atoms with Gasteiger partial charge in [-0.15, -0.1) is 0 Å². The maximum atomic E-state index is 11.6. The molecule has 2 aliphatic rings. The van der Waals surface area contributed by atoms with E-state index >= 15 is 0 Å². The molecule has 1 N–H and O–H groups in total. The summed E-state index contributed by atoms with van der Waals surface area (Å²) in [5, 5.41) is 3.37. The molecule has 0 aromatic rings. The molecule has 2 atom stereocenters. The van der Waals surface area contributed by atoms with Gasteiger partial charge >= 0.3 is 0 Å². The van der Waals surface area contributed by atoms with E-state index in [1.807, 2.05) is 6.92 Å². The fourth-order valence-electron chi connectivity index (χ4n) is 2.05. The molecule has 2 fully saturated rings. The highest BCUT2D eigenvalue weighted by molar-refractivity contribution is 7.91. The molecule has 2 unspecified atom stereocenters. The molecule has 1 aliphatic heterocycles. The molecule has 3 nitrogen and oxygen atoms in total. The van der Waals surface area contributed by atoms with Gasteiger partial charge in [0.2, 0.25) is 0 Å². The lowest BCUT2D eigenvalue weighted by Gasteiger charge is -2.13. The van der Waals surface area contributed by atoms with Gasteiger partial charge in [-0.05, 0) is 31.2 Å². The topological polar surface area (TPSA) is 46.2 Å². The maximum Gasteiger partial charge on any atom is 0.152 e. The van der Waals surface area contributed by atoms with Crippen molar-refractivity contribution in [1.82, 2.24) is 5.32 Å². The molecule has 4 heteroatoms. The fourth-order valence-corrected chi connectivity index (χ4v) is 4.10. The summed E-state index contributed by atoms with van der Waals surface area (Å²) in [5.41, 5.74) is 0. The largest absolute Gasteiger partial charge is 0.312 e. The predicted molar refractivity (Wildman–Crippen MR) is 52.3 cm³/mol. The molecule has 1 aliphatic carbocycles. The van der Waals surface area contributed by atoms with Crippen LogP contribution in [0.4, 0.5) is 0 Å². The van der Waals surface area contributed by atoms with Crippen molar-refractivity contribution < 1.29 is 8.42 Å². The lowest BCUT2D eigenvalue weighted by atomic mass is 10.2. The molecule has 1 saturated carbocycles. The van der Waals surface area contributed by atoms with Crippen molar-refractivity contribution in [3.05, 3.63) is 0 Å². The minimum Gasteiger partial charge on any atom is -0.312 e. The minimum absolute atomic E-state index is 0.245. The zero-order valence-corrected chi connectivity index (χ0v) is 8.81. The van der Waals surface area contributed by atoms with E-state index in [1.165, 1.54) is 12.8 Å². The van der Waals surface area contributed by atoms with Crippen LogP contribution >= 0.6 is 0 Å². The lowest BCUT2D eigenvalue weighted by Crippen LogP contribution is -2.35. The van der Waals surface area contributed by atoms with E-state index in [4.69, 9.17) is 0 Å². The van der Waals surface area contributed by atoms with Crippen LogP contribution in [0.5, 0.6) is 0 Å². The van der Waals surface area contributed by atoms with Crippen LogP contribution in [0.3, 0.4) is 0 Å². The van der Waals surface area contributed by atoms with Gasteiger partial charge in [-0.25, -0.2) is 8.42 Å². The van der Waals surface area contributed by atoms with E-state index in [2.05, 4.69) is 5.32 Å². The fraction of sp³-hybridized carbons (Fsp3) is 1.00. The SMILES string of the molecule is CC1CNC(C2CC2)CS(=O)(=O)C1. The van der Waals surface area contributed by atoms with Crippen molar-refractivity contribution in [1.29, 1.82) is 0 Å². The highest BCUT2D eigenvalue weighted by Gasteiger charge is 2.36. The third-order valence-electron chi connectivity index (χ3n) is 2.89. The Morgan fingerprint density at radius 3 is 2.54 bits per heavy atom. The minimum atomic E-state index is -2.79. The Hall–Kier alpha value is -0.0900.